The van der Waals surface area contributed by atoms with E-state index in [4.69, 9.17) is 9.15 Å². The van der Waals surface area contributed by atoms with Gasteiger partial charge in [0.1, 0.15) is 17.1 Å². The van der Waals surface area contributed by atoms with Crippen LogP contribution in [0.5, 0.6) is 5.75 Å². The van der Waals surface area contributed by atoms with Crippen LogP contribution in [0.2, 0.25) is 0 Å². The summed E-state index contributed by atoms with van der Waals surface area (Å²) in [6, 6.07) is 8.20. The molecule has 2 aromatic rings. The highest BCUT2D eigenvalue weighted by molar-refractivity contribution is 5.79. The third-order valence-electron chi connectivity index (χ3n) is 3.87. The third-order valence-corrected chi connectivity index (χ3v) is 3.87. The lowest BCUT2D eigenvalue weighted by Gasteiger charge is -2.27. The zero-order valence-corrected chi connectivity index (χ0v) is 11.0. The molecule has 0 bridgehead atoms. The molecule has 0 unspecified atom stereocenters. The Hall–Kier alpha value is -1.48. The number of benzene rings is 1. The van der Waals surface area contributed by atoms with Crippen molar-refractivity contribution in [3.8, 4) is 5.75 Å². The normalized spacial score (nSPS) is 18.3. The molecule has 0 saturated carbocycles. The molecule has 0 radical (unpaired) electrons. The summed E-state index contributed by atoms with van der Waals surface area (Å²) in [4.78, 5) is 2.38. The summed E-state index contributed by atoms with van der Waals surface area (Å²) in [5.41, 5.74) is 0.934. The number of likely N-dealkylation sites (tertiary alicyclic amines) is 1. The van der Waals surface area contributed by atoms with E-state index in [1.165, 1.54) is 18.2 Å². The van der Waals surface area contributed by atoms with Gasteiger partial charge in [0.2, 0.25) is 0 Å². The zero-order valence-electron chi connectivity index (χ0n) is 11.0. The van der Waals surface area contributed by atoms with Crippen molar-refractivity contribution < 1.29 is 9.15 Å². The Bertz CT molecular complexity index is 538. The molecule has 3 heteroatoms. The van der Waals surface area contributed by atoms with Crippen LogP contribution in [0.25, 0.3) is 11.0 Å². The Morgan fingerprint density at radius 1 is 1.22 bits per heavy atom. The standard InChI is InChI=1S/C15H19NO2/c1-16-7-5-11(6-8-16)14-9-12-3-4-13(17-2)10-15(12)18-14/h3-4,9-11H,5-8H2,1-2H3. The van der Waals surface area contributed by atoms with Crippen molar-refractivity contribution in [3.05, 3.63) is 30.0 Å². The number of nitrogens with zero attached hydrogens (tertiary/aromatic N) is 1. The first kappa shape index (κ1) is 11.6. The molecule has 3 nitrogen and oxygen atoms in total. The van der Waals surface area contributed by atoms with Crippen LogP contribution in [0.15, 0.2) is 28.7 Å². The number of furan rings is 1. The van der Waals surface area contributed by atoms with Gasteiger partial charge in [-0.2, -0.15) is 0 Å². The van der Waals surface area contributed by atoms with E-state index >= 15 is 0 Å². The maximum absolute atomic E-state index is 5.99. The Morgan fingerprint density at radius 3 is 2.72 bits per heavy atom. The molecule has 1 fully saturated rings. The van der Waals surface area contributed by atoms with Crippen LogP contribution in [-0.2, 0) is 0 Å². The lowest BCUT2D eigenvalue weighted by atomic mass is 9.94. The molecule has 0 spiro atoms. The van der Waals surface area contributed by atoms with Crippen LogP contribution in [0, 0.1) is 0 Å². The fraction of sp³-hybridized carbons (Fsp3) is 0.467. The van der Waals surface area contributed by atoms with Gasteiger partial charge in [0.15, 0.2) is 0 Å². The highest BCUT2D eigenvalue weighted by atomic mass is 16.5. The quantitative estimate of drug-likeness (QED) is 0.812. The van der Waals surface area contributed by atoms with Crippen molar-refractivity contribution in [2.75, 3.05) is 27.2 Å². The van der Waals surface area contributed by atoms with Crippen LogP contribution in [-0.4, -0.2) is 32.1 Å². The molecule has 0 N–H and O–H groups in total. The van der Waals surface area contributed by atoms with E-state index in [1.807, 2.05) is 12.1 Å². The van der Waals surface area contributed by atoms with Gasteiger partial charge in [-0.1, -0.05) is 0 Å². The Balaban J connectivity index is 1.88. The molecule has 1 saturated heterocycles. The van der Waals surface area contributed by atoms with E-state index in [0.717, 1.165) is 30.2 Å². The largest absolute Gasteiger partial charge is 0.497 e. The Morgan fingerprint density at radius 2 is 2.00 bits per heavy atom. The number of hydrogen-bond acceptors (Lipinski definition) is 3. The second kappa shape index (κ2) is 4.65. The van der Waals surface area contributed by atoms with Crippen LogP contribution in [0.3, 0.4) is 0 Å². The summed E-state index contributed by atoms with van der Waals surface area (Å²) in [5, 5.41) is 1.17. The number of methoxy groups -OCH3 is 1. The van der Waals surface area contributed by atoms with Crippen LogP contribution in [0.4, 0.5) is 0 Å². The van der Waals surface area contributed by atoms with E-state index in [2.05, 4.69) is 24.1 Å². The van der Waals surface area contributed by atoms with Crippen molar-refractivity contribution in [1.82, 2.24) is 4.90 Å². The third kappa shape index (κ3) is 2.10. The number of hydrogen-bond donors (Lipinski definition) is 0. The summed E-state index contributed by atoms with van der Waals surface area (Å²) in [6.07, 6.45) is 2.38. The topological polar surface area (TPSA) is 25.6 Å². The molecule has 0 aliphatic carbocycles. The average Bonchev–Trinajstić information content (AvgIpc) is 2.82. The van der Waals surface area contributed by atoms with E-state index < -0.39 is 0 Å². The molecule has 1 aromatic carbocycles. The van der Waals surface area contributed by atoms with Crippen molar-refractivity contribution in [1.29, 1.82) is 0 Å². The maximum Gasteiger partial charge on any atom is 0.137 e. The first-order valence-corrected chi connectivity index (χ1v) is 6.52. The number of rotatable bonds is 2. The average molecular weight is 245 g/mol. The highest BCUT2D eigenvalue weighted by Crippen LogP contribution is 2.33. The Kier molecular flexibility index (Phi) is 3.00. The minimum Gasteiger partial charge on any atom is -0.497 e. The molecule has 1 aliphatic heterocycles. The van der Waals surface area contributed by atoms with E-state index in [-0.39, 0.29) is 0 Å². The lowest BCUT2D eigenvalue weighted by molar-refractivity contribution is 0.242. The zero-order chi connectivity index (χ0) is 12.5. The molecular formula is C15H19NO2. The number of piperidine rings is 1. The second-order valence-electron chi connectivity index (χ2n) is 5.13. The molecule has 1 aromatic heterocycles. The van der Waals surface area contributed by atoms with Crippen LogP contribution < -0.4 is 4.74 Å². The number of ether oxygens (including phenoxy) is 1. The number of fused-ring (bicyclic) bond motifs is 1. The molecule has 3 rings (SSSR count). The second-order valence-corrected chi connectivity index (χ2v) is 5.13. The van der Waals surface area contributed by atoms with Gasteiger partial charge in [-0.3, -0.25) is 0 Å². The van der Waals surface area contributed by atoms with Gasteiger partial charge in [0, 0.05) is 17.4 Å². The summed E-state index contributed by atoms with van der Waals surface area (Å²) in [5.74, 6) is 2.55. The monoisotopic (exact) mass is 245 g/mol. The molecular weight excluding hydrogens is 226 g/mol. The van der Waals surface area contributed by atoms with Crippen molar-refractivity contribution in [2.24, 2.45) is 0 Å². The van der Waals surface area contributed by atoms with Gasteiger partial charge in [0.05, 0.1) is 7.11 Å². The summed E-state index contributed by atoms with van der Waals surface area (Å²) in [6.45, 7) is 2.32. The highest BCUT2D eigenvalue weighted by Gasteiger charge is 2.21. The molecule has 0 amide bonds. The fourth-order valence-electron chi connectivity index (χ4n) is 2.65. The fourth-order valence-corrected chi connectivity index (χ4v) is 2.65. The SMILES string of the molecule is COc1ccc2cc(C3CCN(C)CC3)oc2c1. The van der Waals surface area contributed by atoms with E-state index in [0.29, 0.717) is 5.92 Å². The van der Waals surface area contributed by atoms with Gasteiger partial charge < -0.3 is 14.1 Å². The molecule has 0 atom stereocenters. The van der Waals surface area contributed by atoms with Crippen molar-refractivity contribution in [2.45, 2.75) is 18.8 Å². The van der Waals surface area contributed by atoms with Gasteiger partial charge in [-0.25, -0.2) is 0 Å². The predicted octanol–water partition coefficient (Wildman–Crippen LogP) is 3.25. The Labute approximate surface area is 107 Å². The van der Waals surface area contributed by atoms with E-state index in [1.54, 1.807) is 7.11 Å². The van der Waals surface area contributed by atoms with E-state index in [9.17, 15) is 0 Å². The first-order valence-electron chi connectivity index (χ1n) is 6.52. The van der Waals surface area contributed by atoms with Crippen LogP contribution in [0.1, 0.15) is 24.5 Å². The summed E-state index contributed by atoms with van der Waals surface area (Å²) >= 11 is 0. The summed E-state index contributed by atoms with van der Waals surface area (Å²) in [7, 11) is 3.86. The molecule has 2 heterocycles. The smallest absolute Gasteiger partial charge is 0.137 e. The first-order chi connectivity index (χ1) is 8.76. The van der Waals surface area contributed by atoms with Gasteiger partial charge in [-0.15, -0.1) is 0 Å². The molecule has 96 valence electrons. The predicted molar refractivity (Wildman–Crippen MR) is 72.2 cm³/mol. The van der Waals surface area contributed by atoms with Crippen molar-refractivity contribution >= 4 is 11.0 Å². The maximum atomic E-state index is 5.99. The lowest BCUT2D eigenvalue weighted by Crippen LogP contribution is -2.29. The summed E-state index contributed by atoms with van der Waals surface area (Å²) < 4.78 is 11.2. The molecule has 18 heavy (non-hydrogen) atoms. The van der Waals surface area contributed by atoms with Crippen molar-refractivity contribution in [3.63, 3.8) is 0 Å². The van der Waals surface area contributed by atoms with Gasteiger partial charge in [0.25, 0.3) is 0 Å². The van der Waals surface area contributed by atoms with Gasteiger partial charge in [-0.05, 0) is 51.2 Å². The van der Waals surface area contributed by atoms with Gasteiger partial charge >= 0.3 is 0 Å². The minimum absolute atomic E-state index is 0.569. The van der Waals surface area contributed by atoms with Crippen LogP contribution >= 0.6 is 0 Å². The minimum atomic E-state index is 0.569. The molecule has 1 aliphatic rings.